The summed E-state index contributed by atoms with van der Waals surface area (Å²) in [6.07, 6.45) is 1.53. The van der Waals surface area contributed by atoms with Crippen LogP contribution in [-0.2, 0) is 26.5 Å². The maximum absolute atomic E-state index is 13.8. The molecule has 2 unspecified atom stereocenters. The molecule has 0 spiro atoms. The topological polar surface area (TPSA) is 68.7 Å². The molecule has 0 radical (unpaired) electrons. The molecule has 34 heavy (non-hydrogen) atoms. The predicted octanol–water partition coefficient (Wildman–Crippen LogP) is 5.83. The molecule has 4 rings (SSSR count). The fraction of sp³-hybridized carbons (Fsp3) is 0.240. The van der Waals surface area contributed by atoms with E-state index in [4.69, 9.17) is 32.7 Å². The number of halogens is 3. The lowest BCUT2D eigenvalue weighted by atomic mass is 9.93. The molecule has 9 heteroatoms. The fourth-order valence-electron chi connectivity index (χ4n) is 4.01. The highest BCUT2D eigenvalue weighted by atomic mass is 79.9. The molecule has 2 heterocycles. The zero-order valence-electron chi connectivity index (χ0n) is 18.4. The van der Waals surface area contributed by atoms with Crippen LogP contribution in [0.2, 0.25) is 10.0 Å². The second-order valence-corrected chi connectivity index (χ2v) is 9.72. The first kappa shape index (κ1) is 24.7. The van der Waals surface area contributed by atoms with Crippen molar-refractivity contribution in [3.8, 4) is 0 Å². The molecule has 0 N–H and O–H groups in total. The number of esters is 1. The van der Waals surface area contributed by atoms with E-state index in [2.05, 4.69) is 20.9 Å². The summed E-state index contributed by atoms with van der Waals surface area (Å²) in [4.78, 5) is 31.9. The Morgan fingerprint density at radius 3 is 2.47 bits per heavy atom. The monoisotopic (exact) mass is 562 g/mol. The van der Waals surface area contributed by atoms with Gasteiger partial charge in [-0.15, -0.1) is 0 Å². The minimum Gasteiger partial charge on any atom is -0.469 e. The highest BCUT2D eigenvalue weighted by molar-refractivity contribution is 9.10. The molecule has 1 aromatic heterocycles. The molecule has 0 aliphatic carbocycles. The lowest BCUT2D eigenvalue weighted by Crippen LogP contribution is -2.47. The first-order valence-corrected chi connectivity index (χ1v) is 12.0. The van der Waals surface area contributed by atoms with Crippen molar-refractivity contribution in [2.24, 2.45) is 5.92 Å². The van der Waals surface area contributed by atoms with Crippen LogP contribution in [0.25, 0.3) is 0 Å². The predicted molar refractivity (Wildman–Crippen MR) is 133 cm³/mol. The van der Waals surface area contributed by atoms with Gasteiger partial charge in [0, 0.05) is 32.4 Å². The average molecular weight is 564 g/mol. The lowest BCUT2D eigenvalue weighted by Gasteiger charge is -2.40. The van der Waals surface area contributed by atoms with Crippen molar-refractivity contribution in [2.75, 3.05) is 13.7 Å². The van der Waals surface area contributed by atoms with Gasteiger partial charge < -0.3 is 9.47 Å². The number of carbonyl (C=O) groups excluding carboxylic acids is 2. The van der Waals surface area contributed by atoms with Crippen molar-refractivity contribution in [3.63, 3.8) is 0 Å². The number of carbonyl (C=O) groups is 2. The summed E-state index contributed by atoms with van der Waals surface area (Å²) in [5, 5.41) is 1.05. The Morgan fingerprint density at radius 1 is 1.12 bits per heavy atom. The van der Waals surface area contributed by atoms with E-state index >= 15 is 0 Å². The molecule has 2 atom stereocenters. The second kappa shape index (κ2) is 10.0. The standard InChI is InChI=1S/C25H21BrCl2N2O4/c1-15(24(32)33-2)14-34-25(16-3-6-18(27)7-4-16)22-10-5-17(26)11-21(22)23(31)30(25)13-20-9-8-19(28)12-29-20/h3-12,15H,13-14H2,1-2H3. The van der Waals surface area contributed by atoms with Gasteiger partial charge in [-0.25, -0.2) is 0 Å². The number of hydrogen-bond donors (Lipinski definition) is 0. The molecular formula is C25H21BrCl2N2O4. The van der Waals surface area contributed by atoms with E-state index in [0.717, 1.165) is 4.47 Å². The number of ether oxygens (including phenoxy) is 2. The summed E-state index contributed by atoms with van der Waals surface area (Å²) in [5.41, 5.74) is 1.16. The first-order valence-electron chi connectivity index (χ1n) is 10.5. The average Bonchev–Trinajstić information content (AvgIpc) is 3.06. The first-order chi connectivity index (χ1) is 16.3. The molecule has 0 saturated carbocycles. The Morgan fingerprint density at radius 2 is 1.82 bits per heavy atom. The van der Waals surface area contributed by atoms with E-state index in [0.29, 0.717) is 32.4 Å². The van der Waals surface area contributed by atoms with Gasteiger partial charge in [0.15, 0.2) is 5.72 Å². The van der Waals surface area contributed by atoms with Crippen LogP contribution in [0.3, 0.4) is 0 Å². The van der Waals surface area contributed by atoms with Crippen molar-refractivity contribution < 1.29 is 19.1 Å². The van der Waals surface area contributed by atoms with Crippen LogP contribution in [-0.4, -0.2) is 35.5 Å². The van der Waals surface area contributed by atoms with Crippen molar-refractivity contribution >= 4 is 51.0 Å². The quantitative estimate of drug-likeness (QED) is 0.338. The minimum atomic E-state index is -1.32. The Balaban J connectivity index is 1.89. The number of aromatic nitrogens is 1. The Labute approximate surface area is 215 Å². The van der Waals surface area contributed by atoms with Gasteiger partial charge >= 0.3 is 5.97 Å². The van der Waals surface area contributed by atoms with Gasteiger partial charge in [0.25, 0.3) is 5.91 Å². The van der Waals surface area contributed by atoms with E-state index < -0.39 is 17.6 Å². The highest BCUT2D eigenvalue weighted by Gasteiger charge is 2.52. The van der Waals surface area contributed by atoms with Crippen LogP contribution in [0.15, 0.2) is 65.3 Å². The fourth-order valence-corrected chi connectivity index (χ4v) is 4.61. The number of fused-ring (bicyclic) bond motifs is 1. The van der Waals surface area contributed by atoms with Crippen molar-refractivity contribution in [3.05, 3.63) is 97.7 Å². The van der Waals surface area contributed by atoms with Crippen molar-refractivity contribution in [1.82, 2.24) is 9.88 Å². The minimum absolute atomic E-state index is 0.0165. The van der Waals surface area contributed by atoms with Crippen molar-refractivity contribution in [2.45, 2.75) is 19.2 Å². The molecule has 1 amide bonds. The van der Waals surface area contributed by atoms with Gasteiger partial charge in [-0.3, -0.25) is 19.5 Å². The summed E-state index contributed by atoms with van der Waals surface area (Å²) in [6, 6.07) is 16.1. The van der Waals surface area contributed by atoms with E-state index in [-0.39, 0.29) is 19.1 Å². The molecular weight excluding hydrogens is 543 g/mol. The zero-order valence-corrected chi connectivity index (χ0v) is 21.5. The maximum atomic E-state index is 13.8. The van der Waals surface area contributed by atoms with Gasteiger partial charge in [0.2, 0.25) is 0 Å². The third-order valence-electron chi connectivity index (χ3n) is 5.69. The maximum Gasteiger partial charge on any atom is 0.310 e. The Bertz CT molecular complexity index is 1220. The summed E-state index contributed by atoms with van der Waals surface area (Å²) >= 11 is 15.6. The van der Waals surface area contributed by atoms with Crippen LogP contribution in [0.1, 0.15) is 34.1 Å². The molecule has 0 saturated heterocycles. The highest BCUT2D eigenvalue weighted by Crippen LogP contribution is 2.47. The van der Waals surface area contributed by atoms with Gasteiger partial charge in [0.1, 0.15) is 0 Å². The number of amides is 1. The zero-order chi connectivity index (χ0) is 24.5. The van der Waals surface area contributed by atoms with E-state index in [1.807, 2.05) is 24.3 Å². The second-order valence-electron chi connectivity index (χ2n) is 7.94. The lowest BCUT2D eigenvalue weighted by molar-refractivity contribution is -0.156. The van der Waals surface area contributed by atoms with Gasteiger partial charge in [0.05, 0.1) is 36.9 Å². The summed E-state index contributed by atoms with van der Waals surface area (Å²) in [7, 11) is 1.33. The molecule has 0 bridgehead atoms. The van der Waals surface area contributed by atoms with Gasteiger partial charge in [-0.05, 0) is 43.3 Å². The summed E-state index contributed by atoms with van der Waals surface area (Å²) < 4.78 is 12.2. The number of nitrogens with zero attached hydrogens (tertiary/aromatic N) is 2. The number of pyridine rings is 1. The molecule has 3 aromatic rings. The number of methoxy groups -OCH3 is 1. The smallest absolute Gasteiger partial charge is 0.310 e. The Hall–Kier alpha value is -2.45. The van der Waals surface area contributed by atoms with Gasteiger partial charge in [-0.2, -0.15) is 0 Å². The molecule has 1 aliphatic rings. The normalized spacial score (nSPS) is 18.0. The number of rotatable bonds is 7. The third-order valence-corrected chi connectivity index (χ3v) is 6.66. The van der Waals surface area contributed by atoms with Crippen LogP contribution in [0.5, 0.6) is 0 Å². The molecule has 176 valence electrons. The summed E-state index contributed by atoms with van der Waals surface area (Å²) in [5.74, 6) is -1.19. The number of benzene rings is 2. The largest absolute Gasteiger partial charge is 0.469 e. The molecule has 1 aliphatic heterocycles. The Kier molecular flexibility index (Phi) is 7.28. The molecule has 0 fully saturated rings. The van der Waals surface area contributed by atoms with E-state index in [9.17, 15) is 9.59 Å². The summed E-state index contributed by atoms with van der Waals surface area (Å²) in [6.45, 7) is 1.88. The van der Waals surface area contributed by atoms with Crippen LogP contribution in [0, 0.1) is 5.92 Å². The number of hydrogen-bond acceptors (Lipinski definition) is 5. The van der Waals surface area contributed by atoms with E-state index in [1.165, 1.54) is 13.3 Å². The van der Waals surface area contributed by atoms with E-state index in [1.54, 1.807) is 42.2 Å². The van der Waals surface area contributed by atoms with Gasteiger partial charge in [-0.1, -0.05) is 57.3 Å². The molecule has 2 aromatic carbocycles. The van der Waals surface area contributed by atoms with Crippen LogP contribution < -0.4 is 0 Å². The van der Waals surface area contributed by atoms with Crippen LogP contribution in [0.4, 0.5) is 0 Å². The van der Waals surface area contributed by atoms with Crippen LogP contribution >= 0.6 is 39.1 Å². The SMILES string of the molecule is COC(=O)C(C)COC1(c2ccc(Cl)cc2)c2ccc(Br)cc2C(=O)N1Cc1ccc(Cl)cn1. The van der Waals surface area contributed by atoms with Crippen molar-refractivity contribution in [1.29, 1.82) is 0 Å². The molecule has 6 nitrogen and oxygen atoms in total. The third kappa shape index (κ3) is 4.58.